The van der Waals surface area contributed by atoms with Gasteiger partial charge in [0.2, 0.25) is 20.8 Å². The molecule has 280 valence electrons. The molecular weight excluding hydrogens is 762 g/mol. The molecular formula is C36H74BaO8S2. The molecule has 0 saturated carbocycles. The van der Waals surface area contributed by atoms with Crippen LogP contribution in [0.25, 0.3) is 0 Å². The van der Waals surface area contributed by atoms with Crippen molar-refractivity contribution in [3.8, 4) is 0 Å². The molecule has 8 nitrogen and oxygen atoms in total. The van der Waals surface area contributed by atoms with Crippen molar-refractivity contribution in [1.82, 2.24) is 0 Å². The van der Waals surface area contributed by atoms with Gasteiger partial charge in [-0.25, -0.2) is 16.8 Å². The van der Waals surface area contributed by atoms with Crippen LogP contribution in [-0.4, -0.2) is 88.0 Å². The molecule has 0 aromatic carbocycles. The van der Waals surface area contributed by atoms with Crippen LogP contribution in [0.4, 0.5) is 0 Å². The van der Waals surface area contributed by atoms with Gasteiger partial charge >= 0.3 is 48.9 Å². The Labute approximate surface area is 333 Å². The van der Waals surface area contributed by atoms with E-state index in [2.05, 4.69) is 22.2 Å². The van der Waals surface area contributed by atoms with Crippen LogP contribution < -0.4 is 0 Å². The topological polar surface area (TPSA) is 133 Å². The normalized spacial score (nSPS) is 11.7. The molecule has 0 aliphatic carbocycles. The first-order valence-corrected chi connectivity index (χ1v) is 22.0. The monoisotopic (exact) mass is 836 g/mol. The summed E-state index contributed by atoms with van der Waals surface area (Å²) in [5.74, 6) is 0. The minimum Gasteiger partial charge on any atom is -0.726 e. The molecule has 0 radical (unpaired) electrons. The number of unbranched alkanes of at least 4 members (excludes halogenated alkanes) is 30. The third-order valence-electron chi connectivity index (χ3n) is 8.45. The van der Waals surface area contributed by atoms with Crippen LogP contribution in [-0.2, 0) is 29.2 Å². The van der Waals surface area contributed by atoms with Gasteiger partial charge in [0.25, 0.3) is 0 Å². The van der Waals surface area contributed by atoms with Crippen LogP contribution in [0.3, 0.4) is 0 Å². The van der Waals surface area contributed by atoms with E-state index in [4.69, 9.17) is 0 Å². The fraction of sp³-hybridized carbons (Fsp3) is 1.00. The Morgan fingerprint density at radius 1 is 0.319 bits per heavy atom. The van der Waals surface area contributed by atoms with Crippen molar-refractivity contribution in [3.05, 3.63) is 0 Å². The molecule has 0 fully saturated rings. The van der Waals surface area contributed by atoms with E-state index in [1.807, 2.05) is 0 Å². The Kier molecular flexibility index (Phi) is 46.8. The van der Waals surface area contributed by atoms with Crippen LogP contribution in [0, 0.1) is 0 Å². The van der Waals surface area contributed by atoms with Crippen molar-refractivity contribution < 1.29 is 34.3 Å². The van der Waals surface area contributed by atoms with Gasteiger partial charge in [-0.15, -0.1) is 0 Å². The van der Waals surface area contributed by atoms with Crippen molar-refractivity contribution in [2.75, 3.05) is 13.2 Å². The fourth-order valence-electron chi connectivity index (χ4n) is 5.62. The van der Waals surface area contributed by atoms with Crippen molar-refractivity contribution in [3.63, 3.8) is 0 Å². The summed E-state index contributed by atoms with van der Waals surface area (Å²) in [6, 6.07) is 0. The van der Waals surface area contributed by atoms with Crippen LogP contribution in [0.1, 0.15) is 219 Å². The molecule has 47 heavy (non-hydrogen) atoms. The second-order valence-electron chi connectivity index (χ2n) is 13.1. The van der Waals surface area contributed by atoms with Crippen LogP contribution in [0.15, 0.2) is 0 Å². The summed E-state index contributed by atoms with van der Waals surface area (Å²) in [5.41, 5.74) is 0. The Hall–Kier alpha value is 1.31. The van der Waals surface area contributed by atoms with Gasteiger partial charge in [0.05, 0.1) is 13.2 Å². The summed E-state index contributed by atoms with van der Waals surface area (Å²) in [4.78, 5) is 0. The molecule has 0 spiro atoms. The van der Waals surface area contributed by atoms with Gasteiger partial charge in [0, 0.05) is 0 Å². The molecule has 0 aliphatic rings. The van der Waals surface area contributed by atoms with Crippen molar-refractivity contribution in [1.29, 1.82) is 0 Å². The minimum atomic E-state index is -4.49. The molecule has 0 N–H and O–H groups in total. The zero-order valence-corrected chi connectivity index (χ0v) is 36.9. The third kappa shape index (κ3) is 56.9. The number of rotatable bonds is 36. The maximum Gasteiger partial charge on any atom is 2.00 e. The first-order valence-electron chi connectivity index (χ1n) is 19.3. The molecule has 0 amide bonds. The van der Waals surface area contributed by atoms with E-state index >= 15 is 0 Å². The zero-order chi connectivity index (χ0) is 34.5. The SMILES string of the molecule is CCCCCCCCCCCCCCCCCCOS(=O)(=O)[O-].CCCCCCCCCCCCCCCCCCOS(=O)(=O)[O-].[Ba+2]. The Bertz CT molecular complexity index is 729. The largest absolute Gasteiger partial charge is 2.00 e. The van der Waals surface area contributed by atoms with E-state index < -0.39 is 20.8 Å². The van der Waals surface area contributed by atoms with Gasteiger partial charge in [-0.1, -0.05) is 206 Å². The zero-order valence-electron chi connectivity index (χ0n) is 30.8. The van der Waals surface area contributed by atoms with Crippen LogP contribution in [0.5, 0.6) is 0 Å². The smallest absolute Gasteiger partial charge is 0.726 e. The quantitative estimate of drug-likeness (QED) is 0.0264. The summed E-state index contributed by atoms with van der Waals surface area (Å²) in [6.45, 7) is 4.58. The van der Waals surface area contributed by atoms with Gasteiger partial charge in [0.15, 0.2) is 0 Å². The Morgan fingerprint density at radius 3 is 0.617 bits per heavy atom. The molecule has 0 aromatic rings. The van der Waals surface area contributed by atoms with E-state index in [-0.39, 0.29) is 62.1 Å². The predicted molar refractivity (Wildman–Crippen MR) is 196 cm³/mol. The molecule has 0 saturated heterocycles. The Balaban J connectivity index is -0.000000807. The van der Waals surface area contributed by atoms with E-state index in [1.165, 1.54) is 167 Å². The van der Waals surface area contributed by atoms with Gasteiger partial charge in [0.1, 0.15) is 0 Å². The number of hydrogen-bond acceptors (Lipinski definition) is 8. The second kappa shape index (κ2) is 41.7. The van der Waals surface area contributed by atoms with Crippen molar-refractivity contribution in [2.45, 2.75) is 219 Å². The molecule has 0 bridgehead atoms. The molecule has 0 aliphatic heterocycles. The average Bonchev–Trinajstić information content (AvgIpc) is 2.99. The first-order chi connectivity index (χ1) is 22.1. The molecule has 0 aromatic heterocycles. The maximum atomic E-state index is 10.2. The van der Waals surface area contributed by atoms with Crippen molar-refractivity contribution >= 4 is 69.7 Å². The summed E-state index contributed by atoms with van der Waals surface area (Å²) >= 11 is 0. The minimum absolute atomic E-state index is 0. The fourth-order valence-corrected chi connectivity index (χ4v) is 6.27. The van der Waals surface area contributed by atoms with Crippen LogP contribution in [0.2, 0.25) is 0 Å². The van der Waals surface area contributed by atoms with Crippen LogP contribution >= 0.6 is 0 Å². The molecule has 0 unspecified atom stereocenters. The van der Waals surface area contributed by atoms with E-state index in [9.17, 15) is 25.9 Å². The summed E-state index contributed by atoms with van der Waals surface area (Å²) < 4.78 is 69.6. The number of hydrogen-bond donors (Lipinski definition) is 0. The first kappa shape index (κ1) is 52.7. The Morgan fingerprint density at radius 2 is 0.468 bits per heavy atom. The molecule has 0 heterocycles. The standard InChI is InChI=1S/2C18H38O4S.Ba/c2*1-2-3-4-5-6-7-8-9-10-11-12-13-14-15-16-17-18-22-23(19,20)21;/h2*2-18H2,1H3,(H,19,20,21);/q;;+2/p-2. The maximum absolute atomic E-state index is 10.2. The third-order valence-corrected chi connectivity index (χ3v) is 9.36. The van der Waals surface area contributed by atoms with Gasteiger partial charge in [-0.2, -0.15) is 0 Å². The summed E-state index contributed by atoms with van der Waals surface area (Å²) in [7, 11) is -8.99. The van der Waals surface area contributed by atoms with Gasteiger partial charge in [-0.3, -0.25) is 8.37 Å². The van der Waals surface area contributed by atoms with Gasteiger partial charge < -0.3 is 9.11 Å². The van der Waals surface area contributed by atoms with E-state index in [1.54, 1.807) is 0 Å². The summed E-state index contributed by atoms with van der Waals surface area (Å²) in [6.07, 6.45) is 40.6. The molecule has 0 rings (SSSR count). The van der Waals surface area contributed by atoms with E-state index in [0.717, 1.165) is 25.7 Å². The second-order valence-corrected chi connectivity index (χ2v) is 15.2. The summed E-state index contributed by atoms with van der Waals surface area (Å²) in [5, 5.41) is 0. The molecule has 11 heteroatoms. The average molecular weight is 836 g/mol. The molecule has 0 atom stereocenters. The van der Waals surface area contributed by atoms with Gasteiger partial charge in [-0.05, 0) is 12.8 Å². The van der Waals surface area contributed by atoms with E-state index in [0.29, 0.717) is 12.8 Å². The van der Waals surface area contributed by atoms with Crippen molar-refractivity contribution in [2.24, 2.45) is 0 Å². The predicted octanol–water partition coefficient (Wildman–Crippen LogP) is 11.1.